The van der Waals surface area contributed by atoms with Crippen molar-refractivity contribution in [2.45, 2.75) is 33.5 Å². The molecule has 7 heteroatoms. The quantitative estimate of drug-likeness (QED) is 0.628. The van der Waals surface area contributed by atoms with Gasteiger partial charge in [0.15, 0.2) is 0 Å². The number of aryl methyl sites for hydroxylation is 2. The third-order valence-electron chi connectivity index (χ3n) is 3.21. The van der Waals surface area contributed by atoms with Gasteiger partial charge >= 0.3 is 5.69 Å². The highest BCUT2D eigenvalue weighted by Crippen LogP contribution is 2.28. The first kappa shape index (κ1) is 15.0. The van der Waals surface area contributed by atoms with E-state index in [0.717, 1.165) is 11.1 Å². The van der Waals surface area contributed by atoms with Crippen molar-refractivity contribution < 1.29 is 10.0 Å². The van der Waals surface area contributed by atoms with E-state index in [2.05, 4.69) is 10.4 Å². The molecule has 0 saturated heterocycles. The lowest BCUT2D eigenvalue weighted by molar-refractivity contribution is -0.384. The molecule has 2 aromatic rings. The van der Waals surface area contributed by atoms with Gasteiger partial charge in [-0.3, -0.25) is 10.1 Å². The number of benzene rings is 1. The molecule has 1 aromatic carbocycles. The van der Waals surface area contributed by atoms with E-state index in [1.165, 1.54) is 0 Å². The van der Waals surface area contributed by atoms with Crippen LogP contribution in [-0.4, -0.2) is 19.8 Å². The highest BCUT2D eigenvalue weighted by molar-refractivity contribution is 5.59. The normalized spacial score (nSPS) is 10.6. The van der Waals surface area contributed by atoms with Crippen molar-refractivity contribution in [1.82, 2.24) is 9.78 Å². The van der Waals surface area contributed by atoms with Crippen LogP contribution in [0.3, 0.4) is 0 Å². The van der Waals surface area contributed by atoms with Crippen LogP contribution in [0.5, 0.6) is 0 Å². The second-order valence-electron chi connectivity index (χ2n) is 4.69. The number of aliphatic hydroxyl groups excluding tert-OH is 1. The van der Waals surface area contributed by atoms with Gasteiger partial charge in [-0.25, -0.2) is 4.68 Å². The summed E-state index contributed by atoms with van der Waals surface area (Å²) in [6.45, 7) is 4.46. The van der Waals surface area contributed by atoms with Gasteiger partial charge in [0.2, 0.25) is 5.82 Å². The minimum Gasteiger partial charge on any atom is -0.392 e. The van der Waals surface area contributed by atoms with E-state index >= 15 is 0 Å². The molecule has 7 nitrogen and oxygen atoms in total. The molecule has 0 radical (unpaired) electrons. The third-order valence-corrected chi connectivity index (χ3v) is 3.21. The number of hydrogen-bond acceptors (Lipinski definition) is 5. The summed E-state index contributed by atoms with van der Waals surface area (Å²) in [5, 5.41) is 27.5. The molecule has 2 rings (SSSR count). The lowest BCUT2D eigenvalue weighted by Gasteiger charge is -2.08. The molecule has 0 saturated carbocycles. The van der Waals surface area contributed by atoms with Crippen molar-refractivity contribution in [2.75, 3.05) is 5.32 Å². The van der Waals surface area contributed by atoms with Gasteiger partial charge in [-0.1, -0.05) is 24.3 Å². The summed E-state index contributed by atoms with van der Waals surface area (Å²) in [6, 6.07) is 7.43. The van der Waals surface area contributed by atoms with Crippen molar-refractivity contribution in [3.05, 3.63) is 51.2 Å². The molecule has 0 bridgehead atoms. The molecule has 0 spiro atoms. The predicted octanol–water partition coefficient (Wildman–Crippen LogP) is 2.22. The summed E-state index contributed by atoms with van der Waals surface area (Å²) in [5.74, 6) is 0.411. The second-order valence-corrected chi connectivity index (χ2v) is 4.69. The molecule has 0 aliphatic carbocycles. The smallest absolute Gasteiger partial charge is 0.333 e. The van der Waals surface area contributed by atoms with Gasteiger partial charge in [0.1, 0.15) is 5.69 Å². The fourth-order valence-electron chi connectivity index (χ4n) is 2.22. The van der Waals surface area contributed by atoms with Crippen molar-refractivity contribution in [2.24, 2.45) is 0 Å². The summed E-state index contributed by atoms with van der Waals surface area (Å²) in [4.78, 5) is 10.7. The van der Waals surface area contributed by atoms with E-state index in [9.17, 15) is 10.1 Å². The SMILES string of the molecule is CCn1nc(C)c([N+](=O)[O-])c1NCc1cccc(CO)c1. The van der Waals surface area contributed by atoms with Crippen molar-refractivity contribution in [1.29, 1.82) is 0 Å². The molecule has 0 amide bonds. The molecule has 21 heavy (non-hydrogen) atoms. The number of rotatable bonds is 6. The van der Waals surface area contributed by atoms with Crippen molar-refractivity contribution in [3.8, 4) is 0 Å². The van der Waals surface area contributed by atoms with Crippen LogP contribution in [0.2, 0.25) is 0 Å². The lowest BCUT2D eigenvalue weighted by atomic mass is 10.1. The topological polar surface area (TPSA) is 93.2 Å². The summed E-state index contributed by atoms with van der Waals surface area (Å²) in [6.07, 6.45) is 0. The Morgan fingerprint density at radius 3 is 2.76 bits per heavy atom. The van der Waals surface area contributed by atoms with Crippen LogP contribution in [0, 0.1) is 17.0 Å². The van der Waals surface area contributed by atoms with E-state index in [4.69, 9.17) is 5.11 Å². The molecular formula is C14H18N4O3. The number of nitro groups is 1. The number of aromatic nitrogens is 2. The Labute approximate surface area is 122 Å². The fraction of sp³-hybridized carbons (Fsp3) is 0.357. The second kappa shape index (κ2) is 6.36. The Hall–Kier alpha value is -2.41. The van der Waals surface area contributed by atoms with Crippen LogP contribution in [0.4, 0.5) is 11.5 Å². The Morgan fingerprint density at radius 2 is 2.14 bits per heavy atom. The number of anilines is 1. The van der Waals surface area contributed by atoms with E-state index in [0.29, 0.717) is 24.6 Å². The molecule has 0 atom stereocenters. The Balaban J connectivity index is 2.24. The number of nitrogens with zero attached hydrogens (tertiary/aromatic N) is 3. The largest absolute Gasteiger partial charge is 0.392 e. The predicted molar refractivity (Wildman–Crippen MR) is 79.0 cm³/mol. The first-order valence-corrected chi connectivity index (χ1v) is 6.71. The minimum absolute atomic E-state index is 0.00941. The maximum atomic E-state index is 11.2. The van der Waals surface area contributed by atoms with Crippen LogP contribution < -0.4 is 5.32 Å². The van der Waals surface area contributed by atoms with Crippen LogP contribution >= 0.6 is 0 Å². The van der Waals surface area contributed by atoms with Gasteiger partial charge in [-0.15, -0.1) is 0 Å². The highest BCUT2D eigenvalue weighted by atomic mass is 16.6. The van der Waals surface area contributed by atoms with Gasteiger partial charge in [-0.2, -0.15) is 5.10 Å². The molecule has 1 aromatic heterocycles. The average molecular weight is 290 g/mol. The molecule has 0 aliphatic heterocycles. The van der Waals surface area contributed by atoms with Gasteiger partial charge in [0, 0.05) is 13.1 Å². The van der Waals surface area contributed by atoms with Gasteiger partial charge in [-0.05, 0) is 25.0 Å². The summed E-state index contributed by atoms with van der Waals surface area (Å²) in [7, 11) is 0. The van der Waals surface area contributed by atoms with E-state index in [1.807, 2.05) is 31.2 Å². The zero-order valence-corrected chi connectivity index (χ0v) is 12.0. The summed E-state index contributed by atoms with van der Waals surface area (Å²) >= 11 is 0. The first-order valence-electron chi connectivity index (χ1n) is 6.71. The average Bonchev–Trinajstić information content (AvgIpc) is 2.81. The number of nitrogens with one attached hydrogen (secondary N) is 1. The zero-order chi connectivity index (χ0) is 15.4. The minimum atomic E-state index is -0.416. The standard InChI is InChI=1S/C14H18N4O3/c1-3-17-14(13(18(20)21)10(2)16-17)15-8-11-5-4-6-12(7-11)9-19/h4-7,15,19H,3,8-9H2,1-2H3. The van der Waals surface area contributed by atoms with Gasteiger partial charge in [0.25, 0.3) is 0 Å². The summed E-state index contributed by atoms with van der Waals surface area (Å²) in [5.41, 5.74) is 2.16. The molecule has 0 unspecified atom stereocenters. The molecule has 0 fully saturated rings. The maximum absolute atomic E-state index is 11.2. The zero-order valence-electron chi connectivity index (χ0n) is 12.0. The number of hydrogen-bond donors (Lipinski definition) is 2. The number of aliphatic hydroxyl groups is 1. The molecular weight excluding hydrogens is 272 g/mol. The Kier molecular flexibility index (Phi) is 4.54. The molecule has 112 valence electrons. The Bertz CT molecular complexity index is 652. The van der Waals surface area contributed by atoms with Gasteiger partial charge < -0.3 is 10.4 Å². The maximum Gasteiger partial charge on any atom is 0.333 e. The molecule has 0 aliphatic rings. The first-order chi connectivity index (χ1) is 10.1. The van der Waals surface area contributed by atoms with Crippen LogP contribution in [0.15, 0.2) is 24.3 Å². The monoisotopic (exact) mass is 290 g/mol. The van der Waals surface area contributed by atoms with Crippen molar-refractivity contribution >= 4 is 11.5 Å². The summed E-state index contributed by atoms with van der Waals surface area (Å²) < 4.78 is 1.59. The van der Waals surface area contributed by atoms with Gasteiger partial charge in [0.05, 0.1) is 11.5 Å². The van der Waals surface area contributed by atoms with Crippen LogP contribution in [0.25, 0.3) is 0 Å². The lowest BCUT2D eigenvalue weighted by Crippen LogP contribution is -2.08. The van der Waals surface area contributed by atoms with E-state index in [1.54, 1.807) is 11.6 Å². The third kappa shape index (κ3) is 3.19. The molecule has 1 heterocycles. The van der Waals surface area contributed by atoms with E-state index in [-0.39, 0.29) is 12.3 Å². The van der Waals surface area contributed by atoms with E-state index < -0.39 is 4.92 Å². The Morgan fingerprint density at radius 1 is 1.43 bits per heavy atom. The highest BCUT2D eigenvalue weighted by Gasteiger charge is 2.24. The fourth-order valence-corrected chi connectivity index (χ4v) is 2.22. The van der Waals surface area contributed by atoms with Crippen molar-refractivity contribution in [3.63, 3.8) is 0 Å². The van der Waals surface area contributed by atoms with Crippen LogP contribution in [0.1, 0.15) is 23.7 Å². The van der Waals surface area contributed by atoms with Crippen LogP contribution in [-0.2, 0) is 19.7 Å². The molecule has 2 N–H and O–H groups in total.